The number of carboxylic acid groups (broad SMARTS) is 1. The highest BCUT2D eigenvalue weighted by molar-refractivity contribution is 5.90. The summed E-state index contributed by atoms with van der Waals surface area (Å²) < 4.78 is 4.98. The van der Waals surface area contributed by atoms with Crippen molar-refractivity contribution < 1.29 is 19.4 Å². The molecule has 0 fully saturated rings. The third kappa shape index (κ3) is 5.35. The zero-order valence-corrected chi connectivity index (χ0v) is 8.90. The number of carbonyl (C=O) groups excluding carboxylic acids is 1. The molecule has 1 atom stereocenters. The lowest BCUT2D eigenvalue weighted by atomic mass is 9.90. The number of carbonyl (C=O) groups is 2. The van der Waals surface area contributed by atoms with Crippen LogP contribution >= 0.6 is 0 Å². The third-order valence-electron chi connectivity index (χ3n) is 1.87. The molecule has 80 valence electrons. The summed E-state index contributed by atoms with van der Waals surface area (Å²) in [5.41, 5.74) is -0.146. The number of hydrogen-bond donors (Lipinski definition) is 1. The highest BCUT2D eigenvalue weighted by atomic mass is 16.5. The number of ether oxygens (including phenoxy) is 1. The second-order valence-electron chi connectivity index (χ2n) is 4.12. The Hall–Kier alpha value is -1.32. The lowest BCUT2D eigenvalue weighted by Gasteiger charge is -2.26. The minimum atomic E-state index is -1.16. The van der Waals surface area contributed by atoms with Crippen LogP contribution in [0.2, 0.25) is 0 Å². The van der Waals surface area contributed by atoms with Crippen molar-refractivity contribution in [1.82, 2.24) is 0 Å². The first-order valence-corrected chi connectivity index (χ1v) is 4.35. The van der Waals surface area contributed by atoms with Crippen LogP contribution in [0.15, 0.2) is 12.2 Å². The SMILES string of the molecule is CC(OC(=O)C=CC(=O)O)C(C)(C)C. The number of carboxylic acids is 1. The van der Waals surface area contributed by atoms with Gasteiger partial charge in [-0.2, -0.15) is 0 Å². The van der Waals surface area contributed by atoms with Crippen LogP contribution in [0.3, 0.4) is 0 Å². The fourth-order valence-corrected chi connectivity index (χ4v) is 0.530. The van der Waals surface area contributed by atoms with E-state index in [-0.39, 0.29) is 11.5 Å². The molecule has 0 aromatic carbocycles. The molecule has 0 amide bonds. The largest absolute Gasteiger partial charge is 0.478 e. The van der Waals surface area contributed by atoms with Gasteiger partial charge in [-0.25, -0.2) is 9.59 Å². The topological polar surface area (TPSA) is 63.6 Å². The quantitative estimate of drug-likeness (QED) is 0.555. The van der Waals surface area contributed by atoms with Crippen LogP contribution in [0.4, 0.5) is 0 Å². The summed E-state index contributed by atoms with van der Waals surface area (Å²) in [6, 6.07) is 0. The summed E-state index contributed by atoms with van der Waals surface area (Å²) in [5.74, 6) is -1.79. The molecule has 1 unspecified atom stereocenters. The molecule has 0 aromatic rings. The minimum Gasteiger partial charge on any atom is -0.478 e. The van der Waals surface area contributed by atoms with Crippen molar-refractivity contribution in [2.45, 2.75) is 33.8 Å². The number of rotatable bonds is 3. The van der Waals surface area contributed by atoms with Crippen LogP contribution in [0, 0.1) is 5.41 Å². The third-order valence-corrected chi connectivity index (χ3v) is 1.87. The van der Waals surface area contributed by atoms with Crippen LogP contribution < -0.4 is 0 Å². The molecule has 4 nitrogen and oxygen atoms in total. The lowest BCUT2D eigenvalue weighted by molar-refractivity contribution is -0.147. The Morgan fingerprint density at radius 1 is 1.29 bits per heavy atom. The van der Waals surface area contributed by atoms with Crippen LogP contribution in [0.1, 0.15) is 27.7 Å². The molecule has 0 bridgehead atoms. The Morgan fingerprint density at radius 2 is 1.79 bits per heavy atom. The molecular formula is C10H16O4. The van der Waals surface area contributed by atoms with Gasteiger partial charge in [-0.05, 0) is 12.3 Å². The van der Waals surface area contributed by atoms with Gasteiger partial charge < -0.3 is 9.84 Å². The second-order valence-corrected chi connectivity index (χ2v) is 4.12. The first-order chi connectivity index (χ1) is 6.23. The fraction of sp³-hybridized carbons (Fsp3) is 0.600. The van der Waals surface area contributed by atoms with Gasteiger partial charge in [-0.3, -0.25) is 0 Å². The van der Waals surface area contributed by atoms with Gasteiger partial charge in [0, 0.05) is 12.2 Å². The Balaban J connectivity index is 4.14. The Morgan fingerprint density at radius 3 is 2.14 bits per heavy atom. The van der Waals surface area contributed by atoms with Crippen molar-refractivity contribution >= 4 is 11.9 Å². The second kappa shape index (κ2) is 4.79. The molecule has 0 aliphatic rings. The van der Waals surface area contributed by atoms with Gasteiger partial charge in [0.2, 0.25) is 0 Å². The average Bonchev–Trinajstić information content (AvgIpc) is 1.99. The molecule has 0 aromatic heterocycles. The first-order valence-electron chi connectivity index (χ1n) is 4.35. The molecule has 0 spiro atoms. The maximum absolute atomic E-state index is 11.0. The summed E-state index contributed by atoms with van der Waals surface area (Å²) in [4.78, 5) is 21.1. The maximum Gasteiger partial charge on any atom is 0.331 e. The molecular weight excluding hydrogens is 184 g/mol. The number of esters is 1. The van der Waals surface area contributed by atoms with E-state index in [0.29, 0.717) is 0 Å². The number of hydrogen-bond acceptors (Lipinski definition) is 3. The molecule has 14 heavy (non-hydrogen) atoms. The van der Waals surface area contributed by atoms with E-state index in [9.17, 15) is 9.59 Å². The molecule has 0 rings (SSSR count). The highest BCUT2D eigenvalue weighted by Gasteiger charge is 2.22. The van der Waals surface area contributed by atoms with Crippen LogP contribution in [-0.2, 0) is 14.3 Å². The zero-order valence-electron chi connectivity index (χ0n) is 8.90. The van der Waals surface area contributed by atoms with Crippen molar-refractivity contribution in [3.8, 4) is 0 Å². The van der Waals surface area contributed by atoms with Gasteiger partial charge in [0.15, 0.2) is 0 Å². The van der Waals surface area contributed by atoms with Crippen molar-refractivity contribution in [2.75, 3.05) is 0 Å². The van der Waals surface area contributed by atoms with E-state index >= 15 is 0 Å². The van der Waals surface area contributed by atoms with Gasteiger partial charge in [-0.15, -0.1) is 0 Å². The maximum atomic E-state index is 11.0. The van der Waals surface area contributed by atoms with Gasteiger partial charge in [-0.1, -0.05) is 20.8 Å². The predicted octanol–water partition coefficient (Wildman–Crippen LogP) is 1.60. The fourth-order valence-electron chi connectivity index (χ4n) is 0.530. The summed E-state index contributed by atoms with van der Waals surface area (Å²) in [5, 5.41) is 8.26. The molecule has 0 saturated heterocycles. The van der Waals surface area contributed by atoms with Crippen LogP contribution in [-0.4, -0.2) is 23.1 Å². The molecule has 0 aliphatic heterocycles. The van der Waals surface area contributed by atoms with E-state index in [4.69, 9.17) is 9.84 Å². The molecule has 0 heterocycles. The van der Waals surface area contributed by atoms with Gasteiger partial charge in [0.1, 0.15) is 6.10 Å². The Bertz CT molecular complexity index is 247. The van der Waals surface area contributed by atoms with Crippen LogP contribution in [0.5, 0.6) is 0 Å². The lowest BCUT2D eigenvalue weighted by Crippen LogP contribution is -2.28. The highest BCUT2D eigenvalue weighted by Crippen LogP contribution is 2.21. The summed E-state index contributed by atoms with van der Waals surface area (Å²) >= 11 is 0. The van der Waals surface area contributed by atoms with E-state index in [0.717, 1.165) is 12.2 Å². The molecule has 0 aliphatic carbocycles. The monoisotopic (exact) mass is 200 g/mol. The minimum absolute atomic E-state index is 0.146. The molecule has 4 heteroatoms. The van der Waals surface area contributed by atoms with E-state index in [2.05, 4.69) is 0 Å². The van der Waals surface area contributed by atoms with E-state index in [1.807, 2.05) is 20.8 Å². The van der Waals surface area contributed by atoms with Crippen molar-refractivity contribution in [2.24, 2.45) is 5.41 Å². The van der Waals surface area contributed by atoms with E-state index < -0.39 is 11.9 Å². The van der Waals surface area contributed by atoms with E-state index in [1.54, 1.807) is 6.92 Å². The molecule has 0 radical (unpaired) electrons. The standard InChI is InChI=1S/C10H16O4/c1-7(10(2,3)4)14-9(13)6-5-8(11)12/h5-7H,1-4H3,(H,11,12). The predicted molar refractivity (Wildman–Crippen MR) is 51.8 cm³/mol. The summed E-state index contributed by atoms with van der Waals surface area (Å²) in [7, 11) is 0. The molecule has 0 saturated carbocycles. The van der Waals surface area contributed by atoms with Crippen molar-refractivity contribution in [1.29, 1.82) is 0 Å². The summed E-state index contributed by atoms with van der Waals surface area (Å²) in [6.07, 6.45) is 1.41. The zero-order chi connectivity index (χ0) is 11.4. The Kier molecular flexibility index (Phi) is 4.34. The average molecular weight is 200 g/mol. The normalized spacial score (nSPS) is 14.0. The smallest absolute Gasteiger partial charge is 0.331 e. The number of aliphatic carboxylic acids is 1. The summed E-state index contributed by atoms with van der Waals surface area (Å²) in [6.45, 7) is 7.58. The molecule has 1 N–H and O–H groups in total. The van der Waals surface area contributed by atoms with Gasteiger partial charge >= 0.3 is 11.9 Å². The van der Waals surface area contributed by atoms with E-state index in [1.165, 1.54) is 0 Å². The van der Waals surface area contributed by atoms with Crippen LogP contribution in [0.25, 0.3) is 0 Å². The van der Waals surface area contributed by atoms with Crippen molar-refractivity contribution in [3.05, 3.63) is 12.2 Å². The van der Waals surface area contributed by atoms with Crippen molar-refractivity contribution in [3.63, 3.8) is 0 Å². The first kappa shape index (κ1) is 12.7. The van der Waals surface area contributed by atoms with Gasteiger partial charge in [0.25, 0.3) is 0 Å². The van der Waals surface area contributed by atoms with Gasteiger partial charge in [0.05, 0.1) is 0 Å². The Labute approximate surface area is 83.6 Å².